The summed E-state index contributed by atoms with van der Waals surface area (Å²) in [4.78, 5) is 12.2. The van der Waals surface area contributed by atoms with Crippen LogP contribution >= 0.6 is 0 Å². The summed E-state index contributed by atoms with van der Waals surface area (Å²) >= 11 is 0. The first kappa shape index (κ1) is 26.4. The van der Waals surface area contributed by atoms with Crippen LogP contribution in [0.5, 0.6) is 0 Å². The third-order valence-electron chi connectivity index (χ3n) is 6.32. The first-order chi connectivity index (χ1) is 13.6. The smallest absolute Gasteiger partial charge is 0.434 e. The molecule has 0 fully saturated rings. The van der Waals surface area contributed by atoms with Gasteiger partial charge in [-0.15, -0.1) is 0 Å². The van der Waals surface area contributed by atoms with E-state index in [0.717, 1.165) is 12.8 Å². The summed E-state index contributed by atoms with van der Waals surface area (Å²) in [6, 6.07) is 10.3. The third kappa shape index (κ3) is 8.65. The second kappa shape index (κ2) is 10.1. The Morgan fingerprint density at radius 1 is 1.00 bits per heavy atom. The van der Waals surface area contributed by atoms with E-state index in [-0.39, 0.29) is 23.5 Å². The van der Waals surface area contributed by atoms with Crippen LogP contribution in [-0.4, -0.2) is 41.3 Å². The van der Waals surface area contributed by atoms with Crippen LogP contribution in [0.25, 0.3) is 0 Å². The molecule has 0 saturated heterocycles. The number of carbonyl (C=O) groups is 1. The third-order valence-corrected chi connectivity index (χ3v) is 6.32. The Labute approximate surface area is 183 Å². The second-order valence-electron chi connectivity index (χ2n) is 10.6. The van der Waals surface area contributed by atoms with Crippen LogP contribution in [0.2, 0.25) is 0 Å². The molecular formula is C25H42O5. The van der Waals surface area contributed by atoms with Gasteiger partial charge in [0, 0.05) is 24.4 Å². The van der Waals surface area contributed by atoms with Crippen molar-refractivity contribution in [2.24, 2.45) is 11.3 Å². The average molecular weight is 423 g/mol. The van der Waals surface area contributed by atoms with Crippen molar-refractivity contribution in [1.29, 1.82) is 0 Å². The van der Waals surface area contributed by atoms with Crippen molar-refractivity contribution in [3.63, 3.8) is 0 Å². The predicted molar refractivity (Wildman–Crippen MR) is 121 cm³/mol. The molecule has 1 unspecified atom stereocenters. The molecule has 1 aromatic carbocycles. The van der Waals surface area contributed by atoms with Crippen LogP contribution in [-0.2, 0) is 20.6 Å². The van der Waals surface area contributed by atoms with Gasteiger partial charge in [-0.2, -0.15) is 0 Å². The van der Waals surface area contributed by atoms with Gasteiger partial charge < -0.3 is 19.3 Å². The Kier molecular flexibility index (Phi) is 8.94. The number of hydrogen-bond donors (Lipinski definition) is 1. The van der Waals surface area contributed by atoms with E-state index in [2.05, 4.69) is 39.8 Å². The van der Waals surface area contributed by atoms with Crippen molar-refractivity contribution < 1.29 is 24.1 Å². The fourth-order valence-electron chi connectivity index (χ4n) is 2.79. The van der Waals surface area contributed by atoms with Crippen molar-refractivity contribution >= 4 is 6.16 Å². The van der Waals surface area contributed by atoms with Gasteiger partial charge >= 0.3 is 6.16 Å². The minimum Gasteiger partial charge on any atom is -0.434 e. The Bertz CT molecular complexity index is 656. The lowest BCUT2D eigenvalue weighted by molar-refractivity contribution is -0.104. The first-order valence-corrected chi connectivity index (χ1v) is 10.8. The lowest BCUT2D eigenvalue weighted by Gasteiger charge is -2.41. The highest BCUT2D eigenvalue weighted by atomic mass is 16.7. The normalized spacial score (nSPS) is 14.3. The molecule has 1 aromatic rings. The van der Waals surface area contributed by atoms with Gasteiger partial charge in [-0.3, -0.25) is 0 Å². The van der Waals surface area contributed by atoms with Crippen molar-refractivity contribution in [1.82, 2.24) is 0 Å². The standard InChI is InChI=1S/C25H42O5/c1-19(24(6,7)27)18-28-21(26)30-25(8,9)22(2,3)15-16-29-23(4,5)17-20-13-11-10-12-14-20/h10-14,19,27H,15-18H2,1-9H3. The molecular weight excluding hydrogens is 380 g/mol. The molecule has 0 bridgehead atoms. The Hall–Kier alpha value is -1.59. The van der Waals surface area contributed by atoms with Gasteiger partial charge in [0.25, 0.3) is 0 Å². The predicted octanol–water partition coefficient (Wildman–Crippen LogP) is 5.78. The molecule has 5 nitrogen and oxygen atoms in total. The van der Waals surface area contributed by atoms with E-state index in [1.54, 1.807) is 13.8 Å². The zero-order chi connectivity index (χ0) is 23.2. The van der Waals surface area contributed by atoms with Gasteiger partial charge in [0.05, 0.1) is 11.2 Å². The number of hydrogen-bond acceptors (Lipinski definition) is 5. The summed E-state index contributed by atoms with van der Waals surface area (Å²) in [7, 11) is 0. The largest absolute Gasteiger partial charge is 0.508 e. The minimum atomic E-state index is -0.918. The molecule has 0 amide bonds. The van der Waals surface area contributed by atoms with Gasteiger partial charge in [0.1, 0.15) is 12.2 Å². The monoisotopic (exact) mass is 422 g/mol. The van der Waals surface area contributed by atoms with E-state index >= 15 is 0 Å². The molecule has 1 N–H and O–H groups in total. The molecule has 0 radical (unpaired) electrons. The zero-order valence-corrected chi connectivity index (χ0v) is 20.4. The molecule has 0 aliphatic carbocycles. The van der Waals surface area contributed by atoms with Gasteiger partial charge in [-0.25, -0.2) is 4.79 Å². The van der Waals surface area contributed by atoms with Crippen molar-refractivity contribution in [3.05, 3.63) is 35.9 Å². The molecule has 0 aliphatic heterocycles. The van der Waals surface area contributed by atoms with E-state index in [0.29, 0.717) is 6.61 Å². The fourth-order valence-corrected chi connectivity index (χ4v) is 2.79. The molecule has 0 aliphatic rings. The topological polar surface area (TPSA) is 65.0 Å². The number of rotatable bonds is 11. The second-order valence-corrected chi connectivity index (χ2v) is 10.6. The zero-order valence-electron chi connectivity index (χ0n) is 20.4. The Balaban J connectivity index is 2.54. The maximum Gasteiger partial charge on any atom is 0.508 e. The number of ether oxygens (including phenoxy) is 3. The van der Waals surface area contributed by atoms with E-state index in [4.69, 9.17) is 14.2 Å². The van der Waals surface area contributed by atoms with Crippen LogP contribution in [0.15, 0.2) is 30.3 Å². The highest BCUT2D eigenvalue weighted by Gasteiger charge is 2.41. The molecule has 30 heavy (non-hydrogen) atoms. The molecule has 172 valence electrons. The van der Waals surface area contributed by atoms with Crippen LogP contribution < -0.4 is 0 Å². The van der Waals surface area contributed by atoms with E-state index < -0.39 is 17.4 Å². The first-order valence-electron chi connectivity index (χ1n) is 10.8. The molecule has 0 saturated carbocycles. The SMILES string of the molecule is CC(COC(=O)OC(C)(C)C(C)(C)CCOC(C)(C)Cc1ccccc1)C(C)(C)O. The van der Waals surface area contributed by atoms with Crippen LogP contribution in [0.4, 0.5) is 4.79 Å². The van der Waals surface area contributed by atoms with Gasteiger partial charge in [-0.05, 0) is 53.5 Å². The van der Waals surface area contributed by atoms with Crippen LogP contribution in [0.3, 0.4) is 0 Å². The molecule has 1 rings (SSSR count). The summed E-state index contributed by atoms with van der Waals surface area (Å²) in [5.41, 5.74) is -1.02. The van der Waals surface area contributed by atoms with E-state index in [9.17, 15) is 9.90 Å². The van der Waals surface area contributed by atoms with Crippen molar-refractivity contribution in [3.8, 4) is 0 Å². The van der Waals surface area contributed by atoms with Gasteiger partial charge in [-0.1, -0.05) is 51.1 Å². The quantitative estimate of drug-likeness (QED) is 0.458. The lowest BCUT2D eigenvalue weighted by Crippen LogP contribution is -2.45. The number of benzene rings is 1. The molecule has 5 heteroatoms. The summed E-state index contributed by atoms with van der Waals surface area (Å²) in [5.74, 6) is -0.193. The average Bonchev–Trinajstić information content (AvgIpc) is 2.58. The van der Waals surface area contributed by atoms with E-state index in [1.807, 2.05) is 39.0 Å². The fraction of sp³-hybridized carbons (Fsp3) is 0.720. The lowest BCUT2D eigenvalue weighted by atomic mass is 9.74. The summed E-state index contributed by atoms with van der Waals surface area (Å²) in [5, 5.41) is 9.97. The van der Waals surface area contributed by atoms with Gasteiger partial charge in [0.15, 0.2) is 0 Å². The van der Waals surface area contributed by atoms with Gasteiger partial charge in [0.2, 0.25) is 0 Å². The summed E-state index contributed by atoms with van der Waals surface area (Å²) in [6.45, 7) is 18.0. The highest BCUT2D eigenvalue weighted by Crippen LogP contribution is 2.38. The molecule has 0 heterocycles. The Morgan fingerprint density at radius 3 is 2.10 bits per heavy atom. The maximum atomic E-state index is 12.2. The van der Waals surface area contributed by atoms with Crippen LogP contribution in [0.1, 0.15) is 74.3 Å². The molecule has 0 aromatic heterocycles. The summed E-state index contributed by atoms with van der Waals surface area (Å²) < 4.78 is 17.1. The van der Waals surface area contributed by atoms with E-state index in [1.165, 1.54) is 5.56 Å². The van der Waals surface area contributed by atoms with Crippen molar-refractivity contribution in [2.45, 2.75) is 92.0 Å². The summed E-state index contributed by atoms with van der Waals surface area (Å²) in [6.07, 6.45) is 0.848. The molecule has 1 atom stereocenters. The number of aliphatic hydroxyl groups is 1. The van der Waals surface area contributed by atoms with Crippen LogP contribution in [0, 0.1) is 11.3 Å². The minimum absolute atomic E-state index is 0.107. The highest BCUT2D eigenvalue weighted by molar-refractivity contribution is 5.60. The van der Waals surface area contributed by atoms with Crippen molar-refractivity contribution in [2.75, 3.05) is 13.2 Å². The number of carbonyl (C=O) groups excluding carboxylic acids is 1. The Morgan fingerprint density at radius 2 is 1.57 bits per heavy atom. The maximum absolute atomic E-state index is 12.2. The molecule has 0 spiro atoms.